The molecule has 0 spiro atoms. The Hall–Kier alpha value is -9.13. The van der Waals surface area contributed by atoms with Gasteiger partial charge in [0.05, 0.1) is 28.1 Å². The topological polar surface area (TPSA) is 50.6 Å². The largest absolute Gasteiger partial charge is 0.454 e. The van der Waals surface area contributed by atoms with Gasteiger partial charge in [0.15, 0.2) is 11.2 Å². The van der Waals surface area contributed by atoms with Gasteiger partial charge in [-0.3, -0.25) is 0 Å². The lowest BCUT2D eigenvalue weighted by Gasteiger charge is -2.29. The van der Waals surface area contributed by atoms with Crippen molar-refractivity contribution in [3.05, 3.63) is 243 Å². The molecule has 67 heavy (non-hydrogen) atoms. The minimum atomic E-state index is 0.543. The summed E-state index contributed by atoms with van der Waals surface area (Å²) in [6, 6.07) is 84.9. The van der Waals surface area contributed by atoms with E-state index in [1.165, 1.54) is 5.39 Å². The van der Waals surface area contributed by atoms with E-state index < -0.39 is 0 Å². The number of nitrogens with zero attached hydrogens (tertiary/aromatic N) is 4. The molecule has 6 nitrogen and oxygen atoms in total. The van der Waals surface area contributed by atoms with E-state index in [1.54, 1.807) is 0 Å². The van der Waals surface area contributed by atoms with Gasteiger partial charge in [-0.05, 0) is 108 Å². The number of fused-ring (bicyclic) bond motifs is 7. The lowest BCUT2D eigenvalue weighted by molar-refractivity contribution is 0.620. The molecular weight excluding hydrogens is 821 g/mol. The smallest absolute Gasteiger partial charge is 0.227 e. The Morgan fingerprint density at radius 2 is 0.925 bits per heavy atom. The number of furan rings is 1. The van der Waals surface area contributed by atoms with Crippen molar-refractivity contribution in [3.8, 4) is 28.3 Å². The first-order valence-electron chi connectivity index (χ1n) is 22.5. The van der Waals surface area contributed by atoms with E-state index in [2.05, 4.69) is 208 Å². The fourth-order valence-electron chi connectivity index (χ4n) is 9.73. The molecule has 0 saturated heterocycles. The zero-order valence-electron chi connectivity index (χ0n) is 36.2. The van der Waals surface area contributed by atoms with Crippen LogP contribution in [0.1, 0.15) is 0 Å². The number of oxazole rings is 1. The summed E-state index contributed by atoms with van der Waals surface area (Å²) in [5.74, 6) is 0.543. The zero-order valence-corrected chi connectivity index (χ0v) is 36.2. The van der Waals surface area contributed by atoms with Crippen molar-refractivity contribution in [1.29, 1.82) is 0 Å². The van der Waals surface area contributed by atoms with Gasteiger partial charge in [0.2, 0.25) is 5.89 Å². The Bertz CT molecular complexity index is 3910. The maximum Gasteiger partial charge on any atom is 0.227 e. The number of benzene rings is 10. The van der Waals surface area contributed by atoms with Crippen LogP contribution in [-0.4, -0.2) is 9.55 Å². The Labute approximate surface area is 386 Å². The van der Waals surface area contributed by atoms with Crippen molar-refractivity contribution < 1.29 is 8.83 Å². The highest BCUT2D eigenvalue weighted by molar-refractivity contribution is 6.12. The number of aromatic nitrogens is 2. The number of para-hydroxylation sites is 5. The van der Waals surface area contributed by atoms with Crippen molar-refractivity contribution in [2.45, 2.75) is 0 Å². The summed E-state index contributed by atoms with van der Waals surface area (Å²) < 4.78 is 16.1. The third kappa shape index (κ3) is 6.53. The third-order valence-corrected chi connectivity index (χ3v) is 12.8. The van der Waals surface area contributed by atoms with Crippen LogP contribution < -0.4 is 9.80 Å². The standard InChI is InChI=1S/C61H40N4O2/c1-5-18-41(19-6-1)42-32-34-46(35-33-42)64(56-30-17-28-51-50-27-14-16-31-58(50)66-59(51)56)48-39-53-60(67-61(62-53)43-20-7-2-8-21-43)57(40-48)63(44-22-9-3-10-23-44)47-36-37-55-52(38-47)49-26-13-15-29-54(49)65(55)45-24-11-4-12-25-45/h1-40H. The Balaban J connectivity index is 1.08. The van der Waals surface area contributed by atoms with Crippen molar-refractivity contribution >= 4 is 89.0 Å². The SMILES string of the molecule is c1ccc(-c2ccc(N(c3cc(N(c4ccccc4)c4ccc5c(c4)c4ccccc4n5-c4ccccc4)c4oc(-c5ccccc5)nc4c3)c3cccc4c3oc3ccccc34)cc2)cc1. The molecule has 0 aliphatic heterocycles. The normalized spacial score (nSPS) is 11.6. The zero-order chi connectivity index (χ0) is 44.3. The minimum Gasteiger partial charge on any atom is -0.454 e. The Morgan fingerprint density at radius 3 is 1.70 bits per heavy atom. The van der Waals surface area contributed by atoms with E-state index in [1.807, 2.05) is 48.5 Å². The van der Waals surface area contributed by atoms with Gasteiger partial charge in [0, 0.05) is 49.9 Å². The van der Waals surface area contributed by atoms with Crippen LogP contribution in [0.3, 0.4) is 0 Å². The highest BCUT2D eigenvalue weighted by Crippen LogP contribution is 2.48. The Morgan fingerprint density at radius 1 is 0.343 bits per heavy atom. The average molecular weight is 861 g/mol. The quantitative estimate of drug-likeness (QED) is 0.145. The molecule has 316 valence electrons. The molecule has 13 rings (SSSR count). The van der Waals surface area contributed by atoms with Crippen LogP contribution in [0, 0.1) is 0 Å². The first kappa shape index (κ1) is 38.3. The van der Waals surface area contributed by atoms with Crippen LogP contribution in [0.4, 0.5) is 34.1 Å². The number of hydrogen-bond donors (Lipinski definition) is 0. The maximum atomic E-state index is 6.96. The predicted molar refractivity (Wildman–Crippen MR) is 276 cm³/mol. The summed E-state index contributed by atoms with van der Waals surface area (Å²) in [6.45, 7) is 0. The van der Waals surface area contributed by atoms with Crippen LogP contribution >= 0.6 is 0 Å². The average Bonchev–Trinajstić information content (AvgIpc) is 4.11. The van der Waals surface area contributed by atoms with Gasteiger partial charge >= 0.3 is 0 Å². The van der Waals surface area contributed by atoms with Crippen LogP contribution in [0.15, 0.2) is 251 Å². The van der Waals surface area contributed by atoms with Gasteiger partial charge in [0.25, 0.3) is 0 Å². The van der Waals surface area contributed by atoms with Gasteiger partial charge in [-0.2, -0.15) is 0 Å². The van der Waals surface area contributed by atoms with Gasteiger partial charge in [-0.25, -0.2) is 4.98 Å². The number of anilines is 6. The van der Waals surface area contributed by atoms with E-state index in [0.717, 1.165) is 100 Å². The molecule has 0 bridgehead atoms. The van der Waals surface area contributed by atoms with Crippen LogP contribution in [0.5, 0.6) is 0 Å². The van der Waals surface area contributed by atoms with Gasteiger partial charge in [0.1, 0.15) is 11.1 Å². The van der Waals surface area contributed by atoms with Crippen molar-refractivity contribution in [1.82, 2.24) is 9.55 Å². The lowest BCUT2D eigenvalue weighted by Crippen LogP contribution is -2.14. The third-order valence-electron chi connectivity index (χ3n) is 12.8. The summed E-state index contributed by atoms with van der Waals surface area (Å²) in [5, 5.41) is 4.43. The van der Waals surface area contributed by atoms with E-state index in [9.17, 15) is 0 Å². The van der Waals surface area contributed by atoms with Crippen molar-refractivity contribution in [2.24, 2.45) is 0 Å². The first-order valence-corrected chi connectivity index (χ1v) is 22.5. The van der Waals surface area contributed by atoms with E-state index in [-0.39, 0.29) is 0 Å². The molecule has 3 aromatic heterocycles. The summed E-state index contributed by atoms with van der Waals surface area (Å²) in [6.07, 6.45) is 0. The second-order valence-corrected chi connectivity index (χ2v) is 16.8. The molecule has 0 fully saturated rings. The summed E-state index contributed by atoms with van der Waals surface area (Å²) in [4.78, 5) is 9.87. The Kier molecular flexibility index (Phi) is 9.06. The fourth-order valence-corrected chi connectivity index (χ4v) is 9.73. The molecule has 0 aliphatic rings. The molecule has 0 amide bonds. The van der Waals surface area contributed by atoms with Crippen LogP contribution in [-0.2, 0) is 0 Å². The molecule has 3 heterocycles. The van der Waals surface area contributed by atoms with E-state index in [0.29, 0.717) is 11.5 Å². The first-order chi connectivity index (χ1) is 33.2. The summed E-state index contributed by atoms with van der Waals surface area (Å²) >= 11 is 0. The fraction of sp³-hybridized carbons (Fsp3) is 0. The predicted octanol–water partition coefficient (Wildman–Crippen LogP) is 17.1. The minimum absolute atomic E-state index is 0.543. The van der Waals surface area contributed by atoms with Gasteiger partial charge < -0.3 is 23.2 Å². The number of rotatable bonds is 9. The molecule has 0 aliphatic carbocycles. The van der Waals surface area contributed by atoms with Crippen LogP contribution in [0.2, 0.25) is 0 Å². The molecule has 0 atom stereocenters. The van der Waals surface area contributed by atoms with E-state index in [4.69, 9.17) is 13.8 Å². The van der Waals surface area contributed by atoms with Crippen molar-refractivity contribution in [3.63, 3.8) is 0 Å². The molecular formula is C61H40N4O2. The molecule has 0 saturated carbocycles. The molecule has 0 N–H and O–H groups in total. The van der Waals surface area contributed by atoms with Crippen LogP contribution in [0.25, 0.3) is 83.1 Å². The van der Waals surface area contributed by atoms with Gasteiger partial charge in [-0.15, -0.1) is 0 Å². The van der Waals surface area contributed by atoms with Gasteiger partial charge in [-0.1, -0.05) is 146 Å². The molecule has 0 unspecified atom stereocenters. The number of hydrogen-bond acceptors (Lipinski definition) is 5. The lowest BCUT2D eigenvalue weighted by atomic mass is 10.0. The maximum absolute atomic E-state index is 6.96. The second-order valence-electron chi connectivity index (χ2n) is 16.8. The molecule has 6 heteroatoms. The molecule has 0 radical (unpaired) electrons. The second kappa shape index (κ2) is 15.8. The highest BCUT2D eigenvalue weighted by Gasteiger charge is 2.27. The van der Waals surface area contributed by atoms with Crippen molar-refractivity contribution in [2.75, 3.05) is 9.80 Å². The summed E-state index contributed by atoms with van der Waals surface area (Å²) in [7, 11) is 0. The summed E-state index contributed by atoms with van der Waals surface area (Å²) in [5.41, 5.74) is 15.1. The monoisotopic (exact) mass is 860 g/mol. The highest BCUT2D eigenvalue weighted by atomic mass is 16.3. The molecule has 10 aromatic carbocycles. The molecule has 13 aromatic rings. The van der Waals surface area contributed by atoms with E-state index >= 15 is 0 Å².